The van der Waals surface area contributed by atoms with Crippen LogP contribution in [0.1, 0.15) is 18.3 Å². The van der Waals surface area contributed by atoms with Gasteiger partial charge in [-0.3, -0.25) is 14.3 Å². The molecular formula is C17H21N5O2. The SMILES string of the molecule is CCNCCn1c(Cc2ccccc2)nc2[nH]c(=O)n(C)c(=O)c21. The van der Waals surface area contributed by atoms with Gasteiger partial charge in [-0.05, 0) is 12.1 Å². The van der Waals surface area contributed by atoms with Crippen molar-refractivity contribution in [3.63, 3.8) is 0 Å². The number of hydrogen-bond donors (Lipinski definition) is 2. The first-order valence-corrected chi connectivity index (χ1v) is 8.05. The topological polar surface area (TPSA) is 84.7 Å². The van der Waals surface area contributed by atoms with Crippen LogP contribution in [0.3, 0.4) is 0 Å². The van der Waals surface area contributed by atoms with Gasteiger partial charge in [0.1, 0.15) is 5.82 Å². The molecule has 0 radical (unpaired) electrons. The van der Waals surface area contributed by atoms with E-state index in [0.717, 1.165) is 29.0 Å². The summed E-state index contributed by atoms with van der Waals surface area (Å²) in [5.74, 6) is 0.771. The molecule has 0 unspecified atom stereocenters. The number of aromatic nitrogens is 4. The van der Waals surface area contributed by atoms with E-state index in [4.69, 9.17) is 0 Å². The van der Waals surface area contributed by atoms with Gasteiger partial charge in [-0.25, -0.2) is 9.78 Å². The van der Waals surface area contributed by atoms with Crippen molar-refractivity contribution >= 4 is 11.2 Å². The monoisotopic (exact) mass is 327 g/mol. The van der Waals surface area contributed by atoms with E-state index in [0.29, 0.717) is 24.1 Å². The number of fused-ring (bicyclic) bond motifs is 1. The van der Waals surface area contributed by atoms with Crippen LogP contribution < -0.4 is 16.6 Å². The fourth-order valence-corrected chi connectivity index (χ4v) is 2.76. The lowest BCUT2D eigenvalue weighted by atomic mass is 10.1. The van der Waals surface area contributed by atoms with Crippen molar-refractivity contribution in [2.24, 2.45) is 7.05 Å². The number of H-pyrrole nitrogens is 1. The molecule has 0 spiro atoms. The summed E-state index contributed by atoms with van der Waals surface area (Å²) in [5, 5.41) is 3.26. The Morgan fingerprint density at radius 1 is 1.21 bits per heavy atom. The van der Waals surface area contributed by atoms with E-state index in [1.807, 2.05) is 41.8 Å². The maximum absolute atomic E-state index is 12.5. The Morgan fingerprint density at radius 2 is 1.96 bits per heavy atom. The van der Waals surface area contributed by atoms with Gasteiger partial charge in [0.15, 0.2) is 11.2 Å². The Morgan fingerprint density at radius 3 is 2.67 bits per heavy atom. The second kappa shape index (κ2) is 6.84. The van der Waals surface area contributed by atoms with Crippen LogP contribution in [0.2, 0.25) is 0 Å². The number of nitrogens with one attached hydrogen (secondary N) is 2. The first-order valence-electron chi connectivity index (χ1n) is 8.05. The zero-order valence-electron chi connectivity index (χ0n) is 13.9. The Balaban J connectivity index is 2.12. The molecule has 0 amide bonds. The number of aromatic amines is 1. The van der Waals surface area contributed by atoms with E-state index in [9.17, 15) is 9.59 Å². The fourth-order valence-electron chi connectivity index (χ4n) is 2.76. The third-order valence-electron chi connectivity index (χ3n) is 4.05. The van der Waals surface area contributed by atoms with Crippen molar-refractivity contribution < 1.29 is 0 Å². The number of benzene rings is 1. The smallest absolute Gasteiger partial charge is 0.321 e. The highest BCUT2D eigenvalue weighted by atomic mass is 16.2. The van der Waals surface area contributed by atoms with Gasteiger partial charge in [0.2, 0.25) is 0 Å². The van der Waals surface area contributed by atoms with Gasteiger partial charge >= 0.3 is 5.69 Å². The number of rotatable bonds is 6. The molecule has 0 aliphatic heterocycles. The molecule has 2 N–H and O–H groups in total. The maximum atomic E-state index is 12.5. The third-order valence-corrected chi connectivity index (χ3v) is 4.05. The summed E-state index contributed by atoms with van der Waals surface area (Å²) < 4.78 is 2.99. The molecule has 24 heavy (non-hydrogen) atoms. The highest BCUT2D eigenvalue weighted by molar-refractivity contribution is 5.70. The lowest BCUT2D eigenvalue weighted by molar-refractivity contribution is 0.604. The normalized spacial score (nSPS) is 11.2. The molecule has 0 aliphatic rings. The van der Waals surface area contributed by atoms with Gasteiger partial charge in [-0.1, -0.05) is 37.3 Å². The van der Waals surface area contributed by atoms with E-state index in [-0.39, 0.29) is 5.56 Å². The molecular weight excluding hydrogens is 306 g/mol. The Hall–Kier alpha value is -2.67. The van der Waals surface area contributed by atoms with Crippen LogP contribution in [0.25, 0.3) is 11.2 Å². The average Bonchev–Trinajstić information content (AvgIpc) is 2.91. The van der Waals surface area contributed by atoms with Gasteiger partial charge in [0.05, 0.1) is 0 Å². The van der Waals surface area contributed by atoms with Crippen molar-refractivity contribution in [1.82, 2.24) is 24.4 Å². The second-order valence-electron chi connectivity index (χ2n) is 5.69. The van der Waals surface area contributed by atoms with Crippen molar-refractivity contribution in [2.75, 3.05) is 13.1 Å². The minimum atomic E-state index is -0.449. The van der Waals surface area contributed by atoms with E-state index in [2.05, 4.69) is 15.3 Å². The van der Waals surface area contributed by atoms with E-state index in [1.54, 1.807) is 0 Å². The van der Waals surface area contributed by atoms with Crippen LogP contribution in [0.15, 0.2) is 39.9 Å². The van der Waals surface area contributed by atoms with E-state index < -0.39 is 5.69 Å². The summed E-state index contributed by atoms with van der Waals surface area (Å²) in [6, 6.07) is 9.96. The molecule has 0 fully saturated rings. The first-order chi connectivity index (χ1) is 11.6. The Kier molecular flexibility index (Phi) is 4.61. The highest BCUT2D eigenvalue weighted by Crippen LogP contribution is 2.13. The van der Waals surface area contributed by atoms with E-state index in [1.165, 1.54) is 7.05 Å². The van der Waals surface area contributed by atoms with Crippen molar-refractivity contribution in [3.05, 3.63) is 62.6 Å². The molecule has 0 bridgehead atoms. The molecule has 0 saturated carbocycles. The van der Waals surface area contributed by atoms with Gasteiger partial charge in [-0.15, -0.1) is 0 Å². The van der Waals surface area contributed by atoms with Crippen LogP contribution in [0.5, 0.6) is 0 Å². The predicted octanol–water partition coefficient (Wildman–Crippen LogP) is 0.624. The second-order valence-corrected chi connectivity index (χ2v) is 5.69. The zero-order valence-corrected chi connectivity index (χ0v) is 13.9. The molecule has 1 aromatic carbocycles. The number of likely N-dealkylation sites (N-methyl/N-ethyl adjacent to an activating group) is 1. The number of imidazole rings is 1. The van der Waals surface area contributed by atoms with Crippen LogP contribution in [-0.2, 0) is 20.0 Å². The van der Waals surface area contributed by atoms with Crippen LogP contribution in [0.4, 0.5) is 0 Å². The summed E-state index contributed by atoms with van der Waals surface area (Å²) in [7, 11) is 1.47. The molecule has 3 rings (SSSR count). The summed E-state index contributed by atoms with van der Waals surface area (Å²) in [6.45, 7) is 4.24. The fraction of sp³-hybridized carbons (Fsp3) is 0.353. The lowest BCUT2D eigenvalue weighted by Crippen LogP contribution is -2.33. The third kappa shape index (κ3) is 3.03. The summed E-state index contributed by atoms with van der Waals surface area (Å²) in [6.07, 6.45) is 0.604. The molecule has 7 heteroatoms. The first kappa shape index (κ1) is 16.2. The molecule has 0 aliphatic carbocycles. The summed E-state index contributed by atoms with van der Waals surface area (Å²) in [5.41, 5.74) is 1.13. The highest BCUT2D eigenvalue weighted by Gasteiger charge is 2.16. The minimum absolute atomic E-state index is 0.322. The van der Waals surface area contributed by atoms with Crippen molar-refractivity contribution in [3.8, 4) is 0 Å². The average molecular weight is 327 g/mol. The molecule has 3 aromatic rings. The number of hydrogen-bond acceptors (Lipinski definition) is 4. The maximum Gasteiger partial charge on any atom is 0.329 e. The van der Waals surface area contributed by atoms with Crippen LogP contribution >= 0.6 is 0 Å². The molecule has 0 atom stereocenters. The van der Waals surface area contributed by atoms with Gasteiger partial charge in [-0.2, -0.15) is 0 Å². The molecule has 0 saturated heterocycles. The van der Waals surface area contributed by atoms with Gasteiger partial charge < -0.3 is 9.88 Å². The van der Waals surface area contributed by atoms with Gasteiger partial charge in [0, 0.05) is 26.6 Å². The van der Waals surface area contributed by atoms with E-state index >= 15 is 0 Å². The van der Waals surface area contributed by atoms with Crippen molar-refractivity contribution in [1.29, 1.82) is 0 Å². The van der Waals surface area contributed by atoms with Crippen molar-refractivity contribution in [2.45, 2.75) is 19.9 Å². The zero-order chi connectivity index (χ0) is 17.1. The predicted molar refractivity (Wildman–Crippen MR) is 93.4 cm³/mol. The molecule has 7 nitrogen and oxygen atoms in total. The van der Waals surface area contributed by atoms with Crippen LogP contribution in [-0.4, -0.2) is 32.2 Å². The quantitative estimate of drug-likeness (QED) is 0.650. The van der Waals surface area contributed by atoms with Crippen LogP contribution in [0, 0.1) is 0 Å². The number of nitrogens with zero attached hydrogens (tertiary/aromatic N) is 3. The Labute approximate surface area is 139 Å². The summed E-state index contributed by atoms with van der Waals surface area (Å²) in [4.78, 5) is 31.6. The Bertz CT molecular complexity index is 953. The minimum Gasteiger partial charge on any atom is -0.321 e. The summed E-state index contributed by atoms with van der Waals surface area (Å²) >= 11 is 0. The molecule has 126 valence electrons. The lowest BCUT2D eigenvalue weighted by Gasteiger charge is -2.09. The van der Waals surface area contributed by atoms with Gasteiger partial charge in [0.25, 0.3) is 5.56 Å². The standard InChI is InChI=1S/C17H21N5O2/c1-3-18-9-10-22-13(11-12-7-5-4-6-8-12)19-15-14(22)16(23)21(2)17(24)20-15/h4-8,18H,3,9-11H2,1-2H3,(H,20,24). The molecule has 2 heterocycles. The molecule has 2 aromatic heterocycles. The largest absolute Gasteiger partial charge is 0.329 e.